The summed E-state index contributed by atoms with van der Waals surface area (Å²) in [7, 11) is 0. The van der Waals surface area contributed by atoms with Gasteiger partial charge < -0.3 is 15.1 Å². The molecule has 0 aliphatic rings. The number of hydrogen-bond acceptors (Lipinski definition) is 4. The van der Waals surface area contributed by atoms with Crippen LogP contribution in [0.15, 0.2) is 53.3 Å². The molecule has 3 aromatic rings. The van der Waals surface area contributed by atoms with E-state index >= 15 is 0 Å². The molecule has 0 saturated carbocycles. The second-order valence-electron chi connectivity index (χ2n) is 6.19. The standard InChI is InChI=1S/C18H20ClN3O/c1-18(2,22-11-14-4-3-9-23-14)12-21-16-7-8-20-17-10-13(19)5-6-15(16)17/h3-10,22H,11-12H2,1-2H3,(H,20,21). The van der Waals surface area contributed by atoms with Crippen molar-refractivity contribution in [3.8, 4) is 0 Å². The van der Waals surface area contributed by atoms with Gasteiger partial charge in [0.2, 0.25) is 0 Å². The Hall–Kier alpha value is -2.04. The van der Waals surface area contributed by atoms with Crippen molar-refractivity contribution >= 4 is 28.2 Å². The number of rotatable bonds is 6. The summed E-state index contributed by atoms with van der Waals surface area (Å²) >= 11 is 6.03. The predicted octanol–water partition coefficient (Wildman–Crippen LogP) is 4.46. The molecule has 4 nitrogen and oxygen atoms in total. The summed E-state index contributed by atoms with van der Waals surface area (Å²) in [5.74, 6) is 0.932. The average Bonchev–Trinajstić information content (AvgIpc) is 3.04. The van der Waals surface area contributed by atoms with Crippen LogP contribution < -0.4 is 10.6 Å². The third-order valence-electron chi connectivity index (χ3n) is 3.75. The molecule has 0 amide bonds. The first-order valence-corrected chi connectivity index (χ1v) is 7.97. The lowest BCUT2D eigenvalue weighted by molar-refractivity contribution is 0.376. The van der Waals surface area contributed by atoms with Crippen molar-refractivity contribution in [3.63, 3.8) is 0 Å². The first-order chi connectivity index (χ1) is 11.0. The van der Waals surface area contributed by atoms with Crippen molar-refractivity contribution < 1.29 is 4.42 Å². The smallest absolute Gasteiger partial charge is 0.117 e. The van der Waals surface area contributed by atoms with Crippen molar-refractivity contribution in [2.75, 3.05) is 11.9 Å². The van der Waals surface area contributed by atoms with E-state index in [1.165, 1.54) is 0 Å². The lowest BCUT2D eigenvalue weighted by Crippen LogP contribution is -2.44. The number of pyridine rings is 1. The number of nitrogens with zero attached hydrogens (tertiary/aromatic N) is 1. The molecule has 0 unspecified atom stereocenters. The molecule has 0 spiro atoms. The molecule has 0 bridgehead atoms. The van der Waals surface area contributed by atoms with Crippen molar-refractivity contribution in [2.45, 2.75) is 25.9 Å². The summed E-state index contributed by atoms with van der Waals surface area (Å²) in [6.07, 6.45) is 3.49. The monoisotopic (exact) mass is 329 g/mol. The normalized spacial score (nSPS) is 11.8. The number of furan rings is 1. The molecular formula is C18H20ClN3O. The highest BCUT2D eigenvalue weighted by molar-refractivity contribution is 6.31. The predicted molar refractivity (Wildman–Crippen MR) is 94.9 cm³/mol. The molecule has 0 aliphatic carbocycles. The van der Waals surface area contributed by atoms with E-state index < -0.39 is 0 Å². The highest BCUT2D eigenvalue weighted by Gasteiger charge is 2.17. The third kappa shape index (κ3) is 4.03. The average molecular weight is 330 g/mol. The number of anilines is 1. The van der Waals surface area contributed by atoms with Crippen LogP contribution in [0.25, 0.3) is 10.9 Å². The van der Waals surface area contributed by atoms with E-state index in [-0.39, 0.29) is 5.54 Å². The Bertz CT molecular complexity index is 784. The van der Waals surface area contributed by atoms with Gasteiger partial charge in [-0.3, -0.25) is 4.98 Å². The fourth-order valence-electron chi connectivity index (χ4n) is 2.39. The topological polar surface area (TPSA) is 50.1 Å². The van der Waals surface area contributed by atoms with Gasteiger partial charge in [-0.25, -0.2) is 0 Å². The summed E-state index contributed by atoms with van der Waals surface area (Å²) in [5.41, 5.74) is 1.86. The second kappa shape index (κ2) is 6.60. The number of fused-ring (bicyclic) bond motifs is 1. The first kappa shape index (κ1) is 15.8. The van der Waals surface area contributed by atoms with Crippen LogP contribution in [0.3, 0.4) is 0 Å². The minimum Gasteiger partial charge on any atom is -0.468 e. The number of benzene rings is 1. The number of hydrogen-bond donors (Lipinski definition) is 2. The van der Waals surface area contributed by atoms with Gasteiger partial charge in [-0.05, 0) is 50.2 Å². The molecule has 0 aliphatic heterocycles. The molecule has 5 heteroatoms. The van der Waals surface area contributed by atoms with E-state index in [2.05, 4.69) is 29.5 Å². The van der Waals surface area contributed by atoms with Crippen LogP contribution in [-0.2, 0) is 6.54 Å². The van der Waals surface area contributed by atoms with Gasteiger partial charge in [0.25, 0.3) is 0 Å². The zero-order chi connectivity index (χ0) is 16.3. The molecule has 2 heterocycles. The van der Waals surface area contributed by atoms with Gasteiger partial charge in [0.15, 0.2) is 0 Å². The van der Waals surface area contributed by atoms with Crippen LogP contribution in [0.4, 0.5) is 5.69 Å². The third-order valence-corrected chi connectivity index (χ3v) is 3.98. The Morgan fingerprint density at radius 2 is 2.09 bits per heavy atom. The van der Waals surface area contributed by atoms with E-state index in [0.717, 1.165) is 28.9 Å². The van der Waals surface area contributed by atoms with E-state index in [1.54, 1.807) is 12.5 Å². The minimum absolute atomic E-state index is 0.0885. The molecule has 0 radical (unpaired) electrons. The lowest BCUT2D eigenvalue weighted by Gasteiger charge is -2.27. The van der Waals surface area contributed by atoms with Crippen LogP contribution in [0.2, 0.25) is 5.02 Å². The second-order valence-corrected chi connectivity index (χ2v) is 6.63. The lowest BCUT2D eigenvalue weighted by atomic mass is 10.1. The van der Waals surface area contributed by atoms with Crippen LogP contribution in [0, 0.1) is 0 Å². The van der Waals surface area contributed by atoms with Crippen molar-refractivity contribution in [2.24, 2.45) is 0 Å². The largest absolute Gasteiger partial charge is 0.468 e. The van der Waals surface area contributed by atoms with Crippen LogP contribution in [-0.4, -0.2) is 17.1 Å². The van der Waals surface area contributed by atoms with Gasteiger partial charge in [-0.2, -0.15) is 0 Å². The zero-order valence-electron chi connectivity index (χ0n) is 13.3. The van der Waals surface area contributed by atoms with Gasteiger partial charge in [-0.1, -0.05) is 11.6 Å². The molecule has 0 fully saturated rings. The summed E-state index contributed by atoms with van der Waals surface area (Å²) < 4.78 is 5.36. The van der Waals surface area contributed by atoms with Gasteiger partial charge in [0.05, 0.1) is 18.3 Å². The van der Waals surface area contributed by atoms with Gasteiger partial charge >= 0.3 is 0 Å². The first-order valence-electron chi connectivity index (χ1n) is 7.59. The van der Waals surface area contributed by atoms with Crippen molar-refractivity contribution in [1.82, 2.24) is 10.3 Å². The number of nitrogens with one attached hydrogen (secondary N) is 2. The van der Waals surface area contributed by atoms with E-state index in [0.29, 0.717) is 11.6 Å². The van der Waals surface area contributed by atoms with Crippen molar-refractivity contribution in [3.05, 3.63) is 59.6 Å². The maximum absolute atomic E-state index is 6.03. The quantitative estimate of drug-likeness (QED) is 0.701. The molecular weight excluding hydrogens is 310 g/mol. The van der Waals surface area contributed by atoms with E-state index in [4.69, 9.17) is 16.0 Å². The summed E-state index contributed by atoms with van der Waals surface area (Å²) in [4.78, 5) is 4.36. The molecule has 2 aromatic heterocycles. The van der Waals surface area contributed by atoms with Crippen LogP contribution >= 0.6 is 11.6 Å². The fourth-order valence-corrected chi connectivity index (χ4v) is 2.56. The van der Waals surface area contributed by atoms with E-state index in [1.807, 2.05) is 36.4 Å². The maximum Gasteiger partial charge on any atom is 0.117 e. The SMILES string of the molecule is CC(C)(CNc1ccnc2cc(Cl)ccc12)NCc1ccco1. The van der Waals surface area contributed by atoms with Gasteiger partial charge in [-0.15, -0.1) is 0 Å². The molecule has 0 saturated heterocycles. The maximum atomic E-state index is 6.03. The Morgan fingerprint density at radius 3 is 2.87 bits per heavy atom. The van der Waals surface area contributed by atoms with Gasteiger partial charge in [0, 0.05) is 34.4 Å². The molecule has 1 aromatic carbocycles. The minimum atomic E-state index is -0.0885. The molecule has 23 heavy (non-hydrogen) atoms. The summed E-state index contributed by atoms with van der Waals surface area (Å²) in [6, 6.07) is 11.6. The molecule has 2 N–H and O–H groups in total. The number of aromatic nitrogens is 1. The summed E-state index contributed by atoms with van der Waals surface area (Å²) in [5, 5.41) is 8.76. The van der Waals surface area contributed by atoms with Crippen LogP contribution in [0.1, 0.15) is 19.6 Å². The van der Waals surface area contributed by atoms with Crippen molar-refractivity contribution in [1.29, 1.82) is 0 Å². The Kier molecular flexibility index (Phi) is 4.55. The highest BCUT2D eigenvalue weighted by Crippen LogP contribution is 2.24. The molecule has 120 valence electrons. The van der Waals surface area contributed by atoms with Crippen LogP contribution in [0.5, 0.6) is 0 Å². The Morgan fingerprint density at radius 1 is 1.22 bits per heavy atom. The fraction of sp³-hybridized carbons (Fsp3) is 0.278. The molecule has 3 rings (SSSR count). The number of halogens is 1. The Labute approximate surface area is 140 Å². The zero-order valence-corrected chi connectivity index (χ0v) is 14.0. The summed E-state index contributed by atoms with van der Waals surface area (Å²) in [6.45, 7) is 5.79. The molecule has 0 atom stereocenters. The van der Waals surface area contributed by atoms with E-state index in [9.17, 15) is 0 Å². The Balaban J connectivity index is 1.67. The van der Waals surface area contributed by atoms with Gasteiger partial charge in [0.1, 0.15) is 5.76 Å². The highest BCUT2D eigenvalue weighted by atomic mass is 35.5.